The Kier molecular flexibility index (Phi) is 5.01. The average molecular weight is 389 g/mol. The van der Waals surface area contributed by atoms with Crippen LogP contribution in [0.5, 0.6) is 0 Å². The minimum Gasteiger partial charge on any atom is -0.313 e. The molecule has 1 unspecified atom stereocenters. The highest BCUT2D eigenvalue weighted by molar-refractivity contribution is 9.10. The first-order chi connectivity index (χ1) is 8.60. The summed E-state index contributed by atoms with van der Waals surface area (Å²) in [5.74, 6) is 0. The maximum absolute atomic E-state index is 3.51. The van der Waals surface area contributed by atoms with Gasteiger partial charge in [0.25, 0.3) is 0 Å². The third-order valence-electron chi connectivity index (χ3n) is 2.98. The molecule has 0 aliphatic rings. The van der Waals surface area contributed by atoms with Crippen molar-refractivity contribution < 1.29 is 0 Å². The molecule has 2 aromatic rings. The van der Waals surface area contributed by atoms with Crippen LogP contribution in [-0.4, -0.2) is 7.05 Å². The molecular weight excluding hydrogens is 374 g/mol. The molecule has 1 heterocycles. The monoisotopic (exact) mass is 387 g/mol. The Labute approximate surface area is 129 Å². The molecule has 0 aliphatic carbocycles. The first kappa shape index (κ1) is 14.3. The van der Waals surface area contributed by atoms with Gasteiger partial charge in [0, 0.05) is 31.7 Å². The van der Waals surface area contributed by atoms with Crippen LogP contribution in [0.15, 0.2) is 38.6 Å². The fourth-order valence-electron chi connectivity index (χ4n) is 2.06. The van der Waals surface area contributed by atoms with Crippen molar-refractivity contribution in [3.05, 3.63) is 54.6 Å². The number of hydrogen-bond donors (Lipinski definition) is 1. The zero-order valence-corrected chi connectivity index (χ0v) is 14.3. The minimum atomic E-state index is 0.364. The molecule has 2 rings (SSSR count). The number of aryl methyl sites for hydroxylation is 1. The predicted molar refractivity (Wildman–Crippen MR) is 86.4 cm³/mol. The number of rotatable bonds is 4. The largest absolute Gasteiger partial charge is 0.313 e. The summed E-state index contributed by atoms with van der Waals surface area (Å²) < 4.78 is 2.31. The molecule has 1 atom stereocenters. The van der Waals surface area contributed by atoms with Gasteiger partial charge in [0.05, 0.1) is 0 Å². The van der Waals surface area contributed by atoms with Gasteiger partial charge in [0.15, 0.2) is 0 Å². The highest BCUT2D eigenvalue weighted by Crippen LogP contribution is 2.28. The third kappa shape index (κ3) is 3.44. The predicted octanol–water partition coefficient (Wildman–Crippen LogP) is 5.08. The summed E-state index contributed by atoms with van der Waals surface area (Å²) in [6.45, 7) is 2.16. The van der Waals surface area contributed by atoms with Crippen LogP contribution < -0.4 is 5.32 Å². The Hall–Kier alpha value is -0.160. The normalized spacial score (nSPS) is 12.7. The van der Waals surface area contributed by atoms with E-state index in [1.165, 1.54) is 20.5 Å². The molecule has 1 aromatic heterocycles. The molecule has 96 valence electrons. The summed E-state index contributed by atoms with van der Waals surface area (Å²) in [5.41, 5.74) is 2.68. The van der Waals surface area contributed by atoms with Crippen LogP contribution in [0.1, 0.15) is 22.0 Å². The van der Waals surface area contributed by atoms with E-state index in [1.54, 1.807) is 11.3 Å². The highest BCUT2D eigenvalue weighted by Gasteiger charge is 2.13. The quantitative estimate of drug-likeness (QED) is 0.769. The van der Waals surface area contributed by atoms with Gasteiger partial charge in [-0.1, -0.05) is 22.0 Å². The summed E-state index contributed by atoms with van der Waals surface area (Å²) in [4.78, 5) is 1.39. The van der Waals surface area contributed by atoms with Crippen molar-refractivity contribution in [2.45, 2.75) is 19.4 Å². The van der Waals surface area contributed by atoms with Gasteiger partial charge < -0.3 is 5.32 Å². The third-order valence-corrected chi connectivity index (χ3v) is 5.20. The topological polar surface area (TPSA) is 12.0 Å². The molecule has 0 radical (unpaired) electrons. The maximum Gasteiger partial charge on any atom is 0.0368 e. The summed E-state index contributed by atoms with van der Waals surface area (Å²) in [6.07, 6.45) is 1.02. The van der Waals surface area contributed by atoms with Crippen LogP contribution in [0.25, 0.3) is 0 Å². The lowest BCUT2D eigenvalue weighted by molar-refractivity contribution is 0.593. The fourth-order valence-corrected chi connectivity index (χ4v) is 4.03. The van der Waals surface area contributed by atoms with E-state index in [4.69, 9.17) is 0 Å². The van der Waals surface area contributed by atoms with Crippen LogP contribution in [0.2, 0.25) is 0 Å². The zero-order chi connectivity index (χ0) is 13.1. The molecule has 0 saturated carbocycles. The van der Waals surface area contributed by atoms with Crippen LogP contribution in [0, 0.1) is 6.92 Å². The van der Waals surface area contributed by atoms with Crippen molar-refractivity contribution in [3.8, 4) is 0 Å². The number of halogens is 2. The summed E-state index contributed by atoms with van der Waals surface area (Å²) >= 11 is 8.82. The van der Waals surface area contributed by atoms with E-state index >= 15 is 0 Å². The number of thiophene rings is 1. The number of benzene rings is 1. The van der Waals surface area contributed by atoms with Crippen molar-refractivity contribution in [3.63, 3.8) is 0 Å². The zero-order valence-electron chi connectivity index (χ0n) is 10.3. The first-order valence-corrected chi connectivity index (χ1v) is 8.23. The van der Waals surface area contributed by atoms with Crippen molar-refractivity contribution in [1.82, 2.24) is 5.32 Å². The Bertz CT molecular complexity index is 536. The van der Waals surface area contributed by atoms with E-state index in [-0.39, 0.29) is 0 Å². The van der Waals surface area contributed by atoms with Crippen molar-refractivity contribution >= 4 is 43.2 Å². The summed E-state index contributed by atoms with van der Waals surface area (Å²) in [5, 5.41) is 5.55. The molecule has 0 bridgehead atoms. The smallest absolute Gasteiger partial charge is 0.0368 e. The first-order valence-electron chi connectivity index (χ1n) is 5.76. The molecule has 0 amide bonds. The van der Waals surface area contributed by atoms with Gasteiger partial charge >= 0.3 is 0 Å². The number of likely N-dealkylation sites (N-methyl/N-ethyl adjacent to an activating group) is 1. The van der Waals surface area contributed by atoms with Gasteiger partial charge in [0.2, 0.25) is 0 Å². The standard InChI is InChI=1S/C14H15Br2NS/c1-9-5-10(15)3-4-13(9)14(17-2)7-12-6-11(16)8-18-12/h3-6,8,14,17H,7H2,1-2H3. The molecule has 1 nitrogen and oxygen atoms in total. The van der Waals surface area contributed by atoms with Crippen molar-refractivity contribution in [2.24, 2.45) is 0 Å². The SMILES string of the molecule is CNC(Cc1cc(Br)cs1)c1ccc(Br)cc1C. The van der Waals surface area contributed by atoms with Gasteiger partial charge in [-0.25, -0.2) is 0 Å². The molecular formula is C14H15Br2NS. The second-order valence-electron chi connectivity index (χ2n) is 4.28. The lowest BCUT2D eigenvalue weighted by Crippen LogP contribution is -2.19. The van der Waals surface area contributed by atoms with Crippen LogP contribution in [0.3, 0.4) is 0 Å². The van der Waals surface area contributed by atoms with Gasteiger partial charge in [-0.05, 0) is 59.2 Å². The van der Waals surface area contributed by atoms with E-state index in [0.29, 0.717) is 6.04 Å². The summed E-state index contributed by atoms with van der Waals surface area (Å²) in [7, 11) is 2.02. The molecule has 18 heavy (non-hydrogen) atoms. The fraction of sp³-hybridized carbons (Fsp3) is 0.286. The van der Waals surface area contributed by atoms with Gasteiger partial charge in [-0.2, -0.15) is 0 Å². The van der Waals surface area contributed by atoms with Crippen LogP contribution in [-0.2, 0) is 6.42 Å². The second kappa shape index (κ2) is 6.33. The van der Waals surface area contributed by atoms with Gasteiger partial charge in [0.1, 0.15) is 0 Å². The summed E-state index contributed by atoms with van der Waals surface area (Å²) in [6, 6.07) is 9.04. The maximum atomic E-state index is 3.51. The van der Waals surface area contributed by atoms with E-state index in [1.807, 2.05) is 7.05 Å². The Morgan fingerprint density at radius 2 is 2.00 bits per heavy atom. The Balaban J connectivity index is 2.22. The second-order valence-corrected chi connectivity index (χ2v) is 7.10. The van der Waals surface area contributed by atoms with E-state index < -0.39 is 0 Å². The minimum absolute atomic E-state index is 0.364. The Morgan fingerprint density at radius 1 is 1.22 bits per heavy atom. The molecule has 0 fully saturated rings. The molecule has 0 aliphatic heterocycles. The molecule has 0 spiro atoms. The molecule has 4 heteroatoms. The number of nitrogens with one attached hydrogen (secondary N) is 1. The highest BCUT2D eigenvalue weighted by atomic mass is 79.9. The lowest BCUT2D eigenvalue weighted by atomic mass is 9.98. The van der Waals surface area contributed by atoms with Crippen LogP contribution >= 0.6 is 43.2 Å². The number of hydrogen-bond acceptors (Lipinski definition) is 2. The van der Waals surface area contributed by atoms with Crippen LogP contribution in [0.4, 0.5) is 0 Å². The Morgan fingerprint density at radius 3 is 2.56 bits per heavy atom. The average Bonchev–Trinajstić information content (AvgIpc) is 2.72. The van der Waals surface area contributed by atoms with Crippen molar-refractivity contribution in [2.75, 3.05) is 7.05 Å². The van der Waals surface area contributed by atoms with Gasteiger partial charge in [-0.3, -0.25) is 0 Å². The van der Waals surface area contributed by atoms with E-state index in [0.717, 1.165) is 10.9 Å². The molecule has 0 saturated heterocycles. The van der Waals surface area contributed by atoms with Gasteiger partial charge in [-0.15, -0.1) is 11.3 Å². The molecule has 1 aromatic carbocycles. The van der Waals surface area contributed by atoms with E-state index in [9.17, 15) is 0 Å². The molecule has 1 N–H and O–H groups in total. The lowest BCUT2D eigenvalue weighted by Gasteiger charge is -2.18. The van der Waals surface area contributed by atoms with E-state index in [2.05, 4.69) is 73.7 Å². The van der Waals surface area contributed by atoms with Crippen molar-refractivity contribution in [1.29, 1.82) is 0 Å².